The van der Waals surface area contributed by atoms with E-state index in [0.29, 0.717) is 18.0 Å². The first-order valence-electron chi connectivity index (χ1n) is 8.79. The minimum atomic E-state index is -2.72. The molecule has 3 aromatic rings. The zero-order valence-corrected chi connectivity index (χ0v) is 14.3. The SMILES string of the molecule is FC(F)c1nnc2ccc(NCc3ccccc3N3CCCCC3)nn12. The fourth-order valence-electron chi connectivity index (χ4n) is 3.33. The van der Waals surface area contributed by atoms with Gasteiger partial charge in [-0.2, -0.15) is 4.52 Å². The van der Waals surface area contributed by atoms with Gasteiger partial charge in [0.25, 0.3) is 6.43 Å². The Morgan fingerprint density at radius 3 is 2.62 bits per heavy atom. The van der Waals surface area contributed by atoms with E-state index in [1.54, 1.807) is 12.1 Å². The molecule has 1 aromatic carbocycles. The summed E-state index contributed by atoms with van der Waals surface area (Å²) in [6, 6.07) is 11.6. The normalized spacial score (nSPS) is 15.0. The minimum absolute atomic E-state index is 0.305. The van der Waals surface area contributed by atoms with Crippen LogP contribution in [0.5, 0.6) is 0 Å². The standard InChI is InChI=1S/C18H20F2N6/c19-17(20)18-23-22-16-9-8-15(24-26(16)18)21-12-13-6-2-3-7-14(13)25-10-4-1-5-11-25/h2-3,6-9,17H,1,4-5,10-12H2,(H,21,24). The number of nitrogens with one attached hydrogen (secondary N) is 1. The lowest BCUT2D eigenvalue weighted by Crippen LogP contribution is -2.30. The van der Waals surface area contributed by atoms with Gasteiger partial charge in [-0.05, 0) is 43.0 Å². The first-order chi connectivity index (χ1) is 12.7. The fraction of sp³-hybridized carbons (Fsp3) is 0.389. The second-order valence-electron chi connectivity index (χ2n) is 6.38. The Kier molecular flexibility index (Phi) is 4.64. The molecule has 0 aliphatic carbocycles. The Morgan fingerprint density at radius 2 is 1.81 bits per heavy atom. The number of anilines is 2. The number of nitrogens with zero attached hydrogens (tertiary/aromatic N) is 5. The van der Waals surface area contributed by atoms with Gasteiger partial charge in [0, 0.05) is 25.3 Å². The highest BCUT2D eigenvalue weighted by Crippen LogP contribution is 2.25. The predicted molar refractivity (Wildman–Crippen MR) is 95.6 cm³/mol. The first-order valence-corrected chi connectivity index (χ1v) is 8.79. The third kappa shape index (κ3) is 3.31. The summed E-state index contributed by atoms with van der Waals surface area (Å²) < 4.78 is 27.1. The molecule has 2 aromatic heterocycles. The summed E-state index contributed by atoms with van der Waals surface area (Å²) in [6.45, 7) is 2.71. The Hall–Kier alpha value is -2.77. The van der Waals surface area contributed by atoms with Crippen LogP contribution in [0, 0.1) is 0 Å². The van der Waals surface area contributed by atoms with Crippen LogP contribution in [0.4, 0.5) is 20.3 Å². The third-order valence-electron chi connectivity index (χ3n) is 4.63. The van der Waals surface area contributed by atoms with Crippen molar-refractivity contribution in [1.82, 2.24) is 19.8 Å². The minimum Gasteiger partial charge on any atom is -0.371 e. The molecule has 8 heteroatoms. The van der Waals surface area contributed by atoms with Crippen LogP contribution in [0.25, 0.3) is 5.65 Å². The van der Waals surface area contributed by atoms with Crippen LogP contribution >= 0.6 is 0 Å². The number of hydrogen-bond acceptors (Lipinski definition) is 5. The fourth-order valence-corrected chi connectivity index (χ4v) is 3.33. The lowest BCUT2D eigenvalue weighted by molar-refractivity contribution is 0.137. The van der Waals surface area contributed by atoms with Gasteiger partial charge in [-0.1, -0.05) is 18.2 Å². The van der Waals surface area contributed by atoms with Crippen LogP contribution in [0.2, 0.25) is 0 Å². The smallest absolute Gasteiger partial charge is 0.299 e. The molecule has 0 atom stereocenters. The Labute approximate surface area is 149 Å². The first kappa shape index (κ1) is 16.7. The molecular weight excluding hydrogens is 338 g/mol. The van der Waals surface area contributed by atoms with E-state index in [-0.39, 0.29) is 0 Å². The number of benzene rings is 1. The summed E-state index contributed by atoms with van der Waals surface area (Å²) in [5.74, 6) is 0.0602. The van der Waals surface area contributed by atoms with Crippen LogP contribution in [0.15, 0.2) is 36.4 Å². The Balaban J connectivity index is 1.54. The molecule has 26 heavy (non-hydrogen) atoms. The van der Waals surface area contributed by atoms with Crippen LogP contribution in [0.3, 0.4) is 0 Å². The average Bonchev–Trinajstić information content (AvgIpc) is 3.11. The van der Waals surface area contributed by atoms with Gasteiger partial charge in [-0.25, -0.2) is 8.78 Å². The number of alkyl halides is 2. The van der Waals surface area contributed by atoms with E-state index in [1.807, 2.05) is 12.1 Å². The van der Waals surface area contributed by atoms with E-state index in [9.17, 15) is 8.78 Å². The Morgan fingerprint density at radius 1 is 1.00 bits per heavy atom. The van der Waals surface area contributed by atoms with Gasteiger partial charge in [0.05, 0.1) is 0 Å². The lowest BCUT2D eigenvalue weighted by atomic mass is 10.1. The molecule has 0 saturated carbocycles. The van der Waals surface area contributed by atoms with Gasteiger partial charge in [0.1, 0.15) is 5.82 Å². The van der Waals surface area contributed by atoms with E-state index in [1.165, 1.54) is 24.9 Å². The molecule has 136 valence electrons. The summed E-state index contributed by atoms with van der Waals surface area (Å²) in [5.41, 5.74) is 2.69. The molecule has 0 amide bonds. The molecule has 0 spiro atoms. The van der Waals surface area contributed by atoms with Gasteiger partial charge < -0.3 is 10.2 Å². The van der Waals surface area contributed by atoms with E-state index in [4.69, 9.17) is 0 Å². The molecule has 6 nitrogen and oxygen atoms in total. The number of para-hydroxylation sites is 1. The number of aromatic nitrogens is 4. The molecule has 1 aliphatic heterocycles. The van der Waals surface area contributed by atoms with Crippen molar-refractivity contribution in [2.45, 2.75) is 32.2 Å². The van der Waals surface area contributed by atoms with Crippen molar-refractivity contribution in [2.75, 3.05) is 23.3 Å². The van der Waals surface area contributed by atoms with Crippen molar-refractivity contribution in [1.29, 1.82) is 0 Å². The number of rotatable bonds is 5. The van der Waals surface area contributed by atoms with Crippen molar-refractivity contribution < 1.29 is 8.78 Å². The maximum atomic E-state index is 13.0. The lowest BCUT2D eigenvalue weighted by Gasteiger charge is -2.30. The summed E-state index contributed by atoms with van der Waals surface area (Å²) in [4.78, 5) is 2.41. The van der Waals surface area contributed by atoms with E-state index < -0.39 is 12.2 Å². The number of halogens is 2. The van der Waals surface area contributed by atoms with Crippen molar-refractivity contribution in [3.8, 4) is 0 Å². The molecule has 1 fully saturated rings. The molecular formula is C18H20F2N6. The summed E-state index contributed by atoms with van der Waals surface area (Å²) in [7, 11) is 0. The largest absolute Gasteiger partial charge is 0.371 e. The van der Waals surface area contributed by atoms with Gasteiger partial charge in [-0.3, -0.25) is 0 Å². The van der Waals surface area contributed by atoms with Crippen LogP contribution in [-0.2, 0) is 6.54 Å². The molecule has 1 N–H and O–H groups in total. The average molecular weight is 358 g/mol. The maximum absolute atomic E-state index is 13.0. The van der Waals surface area contributed by atoms with Crippen LogP contribution < -0.4 is 10.2 Å². The summed E-state index contributed by atoms with van der Waals surface area (Å²) in [5, 5.41) is 14.6. The monoisotopic (exact) mass is 358 g/mol. The zero-order valence-electron chi connectivity index (χ0n) is 14.3. The molecule has 3 heterocycles. The van der Waals surface area contributed by atoms with E-state index >= 15 is 0 Å². The topological polar surface area (TPSA) is 58.4 Å². The molecule has 1 saturated heterocycles. The molecule has 1 aliphatic rings. The summed E-state index contributed by atoms with van der Waals surface area (Å²) >= 11 is 0. The van der Waals surface area contributed by atoms with E-state index in [2.05, 4.69) is 37.6 Å². The van der Waals surface area contributed by atoms with Crippen molar-refractivity contribution >= 4 is 17.2 Å². The van der Waals surface area contributed by atoms with Gasteiger partial charge in [-0.15, -0.1) is 15.3 Å². The molecule has 0 unspecified atom stereocenters. The van der Waals surface area contributed by atoms with Gasteiger partial charge in [0.2, 0.25) is 5.82 Å². The highest BCUT2D eigenvalue weighted by molar-refractivity contribution is 5.55. The predicted octanol–water partition coefficient (Wildman–Crippen LogP) is 3.66. The van der Waals surface area contributed by atoms with Gasteiger partial charge in [0.15, 0.2) is 5.65 Å². The molecule has 0 bridgehead atoms. The number of piperidine rings is 1. The summed E-state index contributed by atoms with van der Waals surface area (Å²) in [6.07, 6.45) is 0.993. The number of fused-ring (bicyclic) bond motifs is 1. The van der Waals surface area contributed by atoms with Crippen LogP contribution in [0.1, 0.15) is 37.1 Å². The second-order valence-corrected chi connectivity index (χ2v) is 6.38. The van der Waals surface area contributed by atoms with E-state index in [0.717, 1.165) is 23.2 Å². The molecule has 4 rings (SSSR count). The van der Waals surface area contributed by atoms with Gasteiger partial charge >= 0.3 is 0 Å². The van der Waals surface area contributed by atoms with Crippen molar-refractivity contribution in [3.63, 3.8) is 0 Å². The highest BCUT2D eigenvalue weighted by Gasteiger charge is 2.17. The van der Waals surface area contributed by atoms with Crippen molar-refractivity contribution in [3.05, 3.63) is 47.8 Å². The molecule has 0 radical (unpaired) electrons. The van der Waals surface area contributed by atoms with Crippen LogP contribution in [-0.4, -0.2) is 32.9 Å². The van der Waals surface area contributed by atoms with Crippen molar-refractivity contribution in [2.24, 2.45) is 0 Å². The second kappa shape index (κ2) is 7.23. The highest BCUT2D eigenvalue weighted by atomic mass is 19.3. The maximum Gasteiger partial charge on any atom is 0.299 e. The quantitative estimate of drug-likeness (QED) is 0.754. The third-order valence-corrected chi connectivity index (χ3v) is 4.63. The Bertz CT molecular complexity index is 888. The number of hydrogen-bond donors (Lipinski definition) is 1. The zero-order chi connectivity index (χ0) is 17.9.